The smallest absolute Gasteiger partial charge is 0.138 e. The number of rotatable bonds is 3. The Balaban J connectivity index is 2.20. The summed E-state index contributed by atoms with van der Waals surface area (Å²) in [4.78, 5) is 0.994. The highest BCUT2D eigenvalue weighted by atomic mass is 32.2. The van der Waals surface area contributed by atoms with Crippen molar-refractivity contribution in [1.82, 2.24) is 0 Å². The topological polar surface area (TPSA) is 33.0 Å². The molecule has 0 aliphatic heterocycles. The van der Waals surface area contributed by atoms with Gasteiger partial charge in [-0.2, -0.15) is 5.26 Å². The predicted octanol–water partition coefficient (Wildman–Crippen LogP) is 4.87. The number of ether oxygens (including phenoxy) is 1. The van der Waals surface area contributed by atoms with Gasteiger partial charge < -0.3 is 4.74 Å². The van der Waals surface area contributed by atoms with Crippen LogP contribution in [-0.2, 0) is 0 Å². The van der Waals surface area contributed by atoms with Crippen molar-refractivity contribution in [3.8, 4) is 11.8 Å². The van der Waals surface area contributed by atoms with Gasteiger partial charge in [-0.05, 0) is 49.0 Å². The molecular weight excluding hydrogens is 266 g/mol. The van der Waals surface area contributed by atoms with Crippen LogP contribution in [0.15, 0.2) is 23.1 Å². The first kappa shape index (κ1) is 15.3. The summed E-state index contributed by atoms with van der Waals surface area (Å²) >= 11 is 1.59. The Kier molecular flexibility index (Phi) is 4.65. The molecule has 1 fully saturated rings. The van der Waals surface area contributed by atoms with Crippen LogP contribution in [0.2, 0.25) is 0 Å². The van der Waals surface area contributed by atoms with Crippen LogP contribution in [0.1, 0.15) is 45.6 Å². The minimum atomic E-state index is 0.220. The maximum atomic E-state index is 9.37. The van der Waals surface area contributed by atoms with Crippen LogP contribution in [0, 0.1) is 22.7 Å². The first-order valence-corrected chi connectivity index (χ1v) is 8.41. The molecule has 1 aromatic carbocycles. The second-order valence-corrected chi connectivity index (χ2v) is 7.45. The molecule has 0 bridgehead atoms. The zero-order valence-corrected chi connectivity index (χ0v) is 13.6. The number of hydrogen-bond donors (Lipinski definition) is 0. The molecule has 1 saturated carbocycles. The summed E-state index contributed by atoms with van der Waals surface area (Å²) in [5, 5.41) is 9.37. The van der Waals surface area contributed by atoms with E-state index in [2.05, 4.69) is 26.8 Å². The third-order valence-corrected chi connectivity index (χ3v) is 4.74. The molecule has 1 aliphatic rings. The molecule has 0 amide bonds. The first-order valence-electron chi connectivity index (χ1n) is 7.19. The second kappa shape index (κ2) is 6.10. The minimum absolute atomic E-state index is 0.220. The molecule has 2 unspecified atom stereocenters. The molecule has 2 atom stereocenters. The maximum Gasteiger partial charge on any atom is 0.138 e. The molecule has 0 heterocycles. The number of benzene rings is 1. The highest BCUT2D eigenvalue weighted by Crippen LogP contribution is 2.40. The van der Waals surface area contributed by atoms with Crippen LogP contribution < -0.4 is 4.74 Å². The monoisotopic (exact) mass is 289 g/mol. The molecule has 2 rings (SSSR count). The number of nitriles is 1. The lowest BCUT2D eigenvalue weighted by Crippen LogP contribution is -2.34. The summed E-state index contributed by atoms with van der Waals surface area (Å²) in [5.74, 6) is 1.42. The van der Waals surface area contributed by atoms with Crippen LogP contribution in [0.5, 0.6) is 5.75 Å². The molecule has 0 aromatic heterocycles. The standard InChI is InChI=1S/C17H23NOS/c1-12-8-13(10-17(2,3)9-12)19-15-6-5-7-16(20-4)14(15)11-18/h5-7,12-13H,8-10H2,1-4H3. The van der Waals surface area contributed by atoms with E-state index in [0.29, 0.717) is 16.9 Å². The molecule has 2 nitrogen and oxygen atoms in total. The number of thioether (sulfide) groups is 1. The van der Waals surface area contributed by atoms with Crippen molar-refractivity contribution in [1.29, 1.82) is 5.26 Å². The Hall–Kier alpha value is -1.14. The zero-order valence-electron chi connectivity index (χ0n) is 12.8. The summed E-state index contributed by atoms with van der Waals surface area (Å²) in [7, 11) is 0. The van der Waals surface area contributed by atoms with E-state index in [1.165, 1.54) is 6.42 Å². The Morgan fingerprint density at radius 1 is 1.35 bits per heavy atom. The van der Waals surface area contributed by atoms with Gasteiger partial charge in [-0.15, -0.1) is 11.8 Å². The molecule has 3 heteroatoms. The van der Waals surface area contributed by atoms with Gasteiger partial charge >= 0.3 is 0 Å². The van der Waals surface area contributed by atoms with E-state index in [4.69, 9.17) is 4.74 Å². The molecule has 0 saturated heterocycles. The lowest BCUT2D eigenvalue weighted by atomic mass is 9.71. The van der Waals surface area contributed by atoms with Gasteiger partial charge in [-0.3, -0.25) is 0 Å². The second-order valence-electron chi connectivity index (χ2n) is 6.60. The highest BCUT2D eigenvalue weighted by molar-refractivity contribution is 7.98. The maximum absolute atomic E-state index is 9.37. The van der Waals surface area contributed by atoms with Crippen LogP contribution in [0.3, 0.4) is 0 Å². The van der Waals surface area contributed by atoms with Crippen LogP contribution in [0.25, 0.3) is 0 Å². The van der Waals surface area contributed by atoms with Crippen molar-refractivity contribution in [3.05, 3.63) is 23.8 Å². The number of hydrogen-bond acceptors (Lipinski definition) is 3. The Morgan fingerprint density at radius 2 is 2.10 bits per heavy atom. The lowest BCUT2D eigenvalue weighted by Gasteiger charge is -2.39. The fourth-order valence-corrected chi connectivity index (χ4v) is 3.98. The molecular formula is C17H23NOS. The van der Waals surface area contributed by atoms with Crippen molar-refractivity contribution >= 4 is 11.8 Å². The minimum Gasteiger partial charge on any atom is -0.489 e. The fourth-order valence-electron chi connectivity index (χ4n) is 3.42. The molecule has 0 radical (unpaired) electrons. The van der Waals surface area contributed by atoms with E-state index in [0.717, 1.165) is 23.5 Å². The van der Waals surface area contributed by atoms with E-state index in [1.807, 2.05) is 24.5 Å². The molecule has 20 heavy (non-hydrogen) atoms. The van der Waals surface area contributed by atoms with E-state index in [1.54, 1.807) is 11.8 Å². The summed E-state index contributed by atoms with van der Waals surface area (Å²) in [5.41, 5.74) is 1.00. The average Bonchev–Trinajstić information content (AvgIpc) is 2.35. The highest BCUT2D eigenvalue weighted by Gasteiger charge is 2.33. The summed E-state index contributed by atoms with van der Waals surface area (Å²) in [6.45, 7) is 6.91. The molecule has 108 valence electrons. The van der Waals surface area contributed by atoms with Gasteiger partial charge in [0.25, 0.3) is 0 Å². The van der Waals surface area contributed by atoms with Crippen LogP contribution in [-0.4, -0.2) is 12.4 Å². The average molecular weight is 289 g/mol. The van der Waals surface area contributed by atoms with Gasteiger partial charge in [0.05, 0.1) is 6.10 Å². The van der Waals surface area contributed by atoms with Gasteiger partial charge in [0.1, 0.15) is 17.4 Å². The van der Waals surface area contributed by atoms with E-state index in [-0.39, 0.29) is 6.10 Å². The summed E-state index contributed by atoms with van der Waals surface area (Å²) in [6, 6.07) is 8.16. The SMILES string of the molecule is CSc1cccc(OC2CC(C)CC(C)(C)C2)c1C#N. The molecule has 1 aliphatic carbocycles. The van der Waals surface area contributed by atoms with Crippen molar-refractivity contribution < 1.29 is 4.74 Å². The van der Waals surface area contributed by atoms with E-state index in [9.17, 15) is 5.26 Å². The Labute approximate surface area is 126 Å². The quantitative estimate of drug-likeness (QED) is 0.744. The molecule has 1 aromatic rings. The van der Waals surface area contributed by atoms with Crippen molar-refractivity contribution in [2.75, 3.05) is 6.26 Å². The number of nitrogens with zero attached hydrogens (tertiary/aromatic N) is 1. The van der Waals surface area contributed by atoms with E-state index < -0.39 is 0 Å². The Morgan fingerprint density at radius 3 is 2.70 bits per heavy atom. The normalized spacial score (nSPS) is 24.9. The van der Waals surface area contributed by atoms with Gasteiger partial charge in [-0.1, -0.05) is 26.8 Å². The van der Waals surface area contributed by atoms with Gasteiger partial charge in [0, 0.05) is 4.90 Å². The third-order valence-electron chi connectivity index (χ3n) is 3.96. The molecule has 0 N–H and O–H groups in total. The van der Waals surface area contributed by atoms with Crippen molar-refractivity contribution in [3.63, 3.8) is 0 Å². The van der Waals surface area contributed by atoms with E-state index >= 15 is 0 Å². The van der Waals surface area contributed by atoms with Crippen molar-refractivity contribution in [2.24, 2.45) is 11.3 Å². The van der Waals surface area contributed by atoms with Crippen molar-refractivity contribution in [2.45, 2.75) is 51.0 Å². The third kappa shape index (κ3) is 3.49. The summed E-state index contributed by atoms with van der Waals surface area (Å²) < 4.78 is 6.19. The van der Waals surface area contributed by atoms with Crippen LogP contribution in [0.4, 0.5) is 0 Å². The van der Waals surface area contributed by atoms with Gasteiger partial charge in [0.2, 0.25) is 0 Å². The van der Waals surface area contributed by atoms with Gasteiger partial charge in [-0.25, -0.2) is 0 Å². The molecule has 0 spiro atoms. The van der Waals surface area contributed by atoms with Crippen LogP contribution >= 0.6 is 11.8 Å². The lowest BCUT2D eigenvalue weighted by molar-refractivity contribution is 0.0559. The largest absolute Gasteiger partial charge is 0.489 e. The fraction of sp³-hybridized carbons (Fsp3) is 0.588. The Bertz CT molecular complexity index is 518. The predicted molar refractivity (Wildman–Crippen MR) is 84.2 cm³/mol. The van der Waals surface area contributed by atoms with Gasteiger partial charge in [0.15, 0.2) is 0 Å². The summed E-state index contributed by atoms with van der Waals surface area (Å²) in [6.07, 6.45) is 5.61. The first-order chi connectivity index (χ1) is 9.45. The zero-order chi connectivity index (χ0) is 14.8.